The van der Waals surface area contributed by atoms with E-state index >= 15 is 0 Å². The Balaban J connectivity index is 1.95. The van der Waals surface area contributed by atoms with Crippen molar-refractivity contribution >= 4 is 0 Å². The van der Waals surface area contributed by atoms with Crippen LogP contribution in [0.15, 0.2) is 12.2 Å². The van der Waals surface area contributed by atoms with Gasteiger partial charge in [-0.25, -0.2) is 0 Å². The van der Waals surface area contributed by atoms with E-state index in [-0.39, 0.29) is 0 Å². The molecule has 3 aliphatic carbocycles. The maximum atomic E-state index is 4.33. The van der Waals surface area contributed by atoms with Gasteiger partial charge >= 0.3 is 0 Å². The van der Waals surface area contributed by atoms with Gasteiger partial charge in [-0.1, -0.05) is 32.9 Å². The summed E-state index contributed by atoms with van der Waals surface area (Å²) in [4.78, 5) is 0. The molecule has 3 saturated carbocycles. The smallest absolute Gasteiger partial charge is 0.0167 e. The van der Waals surface area contributed by atoms with E-state index in [1.165, 1.54) is 32.1 Å². The second-order valence-corrected chi connectivity index (χ2v) is 7.39. The van der Waals surface area contributed by atoms with Crippen molar-refractivity contribution in [2.45, 2.75) is 52.9 Å². The van der Waals surface area contributed by atoms with Crippen LogP contribution in [0, 0.1) is 28.6 Å². The minimum atomic E-state index is 0.565. The van der Waals surface area contributed by atoms with Crippen molar-refractivity contribution in [3.05, 3.63) is 12.2 Å². The Labute approximate surface area is 94.1 Å². The summed E-state index contributed by atoms with van der Waals surface area (Å²) in [7, 11) is 0. The van der Waals surface area contributed by atoms with Crippen LogP contribution in [0.5, 0.6) is 0 Å². The van der Waals surface area contributed by atoms with E-state index in [9.17, 15) is 0 Å². The zero-order valence-electron chi connectivity index (χ0n) is 10.5. The van der Waals surface area contributed by atoms with E-state index in [0.29, 0.717) is 10.8 Å². The molecule has 0 bridgehead atoms. The van der Waals surface area contributed by atoms with Crippen LogP contribution in [0.2, 0.25) is 0 Å². The average molecular weight is 204 g/mol. The number of allylic oxidation sites excluding steroid dienone is 1. The van der Waals surface area contributed by atoms with Gasteiger partial charge in [0, 0.05) is 0 Å². The first-order valence-corrected chi connectivity index (χ1v) is 6.60. The van der Waals surface area contributed by atoms with Crippen molar-refractivity contribution in [1.29, 1.82) is 0 Å². The number of hydrogen-bond donors (Lipinski definition) is 0. The minimum Gasteiger partial charge on any atom is -0.0996 e. The Kier molecular flexibility index (Phi) is 1.79. The van der Waals surface area contributed by atoms with E-state index < -0.39 is 0 Å². The average Bonchev–Trinajstić information content (AvgIpc) is 2.59. The molecule has 4 atom stereocenters. The Bertz CT molecular complexity index is 312. The fraction of sp³-hybridized carbons (Fsp3) is 0.867. The third kappa shape index (κ3) is 1.33. The highest BCUT2D eigenvalue weighted by atomic mass is 14.7. The van der Waals surface area contributed by atoms with Gasteiger partial charge in [-0.15, -0.1) is 0 Å². The molecule has 0 spiro atoms. The van der Waals surface area contributed by atoms with Crippen molar-refractivity contribution in [1.82, 2.24) is 0 Å². The first-order valence-electron chi connectivity index (χ1n) is 6.60. The molecule has 0 aliphatic heterocycles. The highest BCUT2D eigenvalue weighted by Gasteiger charge is 2.61. The van der Waals surface area contributed by atoms with Crippen molar-refractivity contribution in [3.63, 3.8) is 0 Å². The minimum absolute atomic E-state index is 0.565. The van der Waals surface area contributed by atoms with Gasteiger partial charge < -0.3 is 0 Å². The second-order valence-electron chi connectivity index (χ2n) is 7.39. The van der Waals surface area contributed by atoms with Gasteiger partial charge in [-0.2, -0.15) is 0 Å². The lowest BCUT2D eigenvalue weighted by Crippen LogP contribution is -2.21. The molecule has 0 aromatic heterocycles. The lowest BCUT2D eigenvalue weighted by molar-refractivity contribution is 0.232. The van der Waals surface area contributed by atoms with Gasteiger partial charge in [0.05, 0.1) is 0 Å². The predicted octanol–water partition coefficient (Wildman–Crippen LogP) is 4.42. The van der Waals surface area contributed by atoms with Crippen LogP contribution in [0.4, 0.5) is 0 Å². The van der Waals surface area contributed by atoms with Gasteiger partial charge in [0.2, 0.25) is 0 Å². The van der Waals surface area contributed by atoms with Crippen LogP contribution in [-0.4, -0.2) is 0 Å². The first-order chi connectivity index (χ1) is 6.92. The predicted molar refractivity (Wildman–Crippen MR) is 64.6 cm³/mol. The standard InChI is InChI=1S/C15H24/c1-10-5-6-13-12(10)9-14(2,3)7-11-8-15(11,13)4/h11-13H,1,5-9H2,2-4H3. The summed E-state index contributed by atoms with van der Waals surface area (Å²) in [6.45, 7) is 11.8. The molecule has 0 N–H and O–H groups in total. The summed E-state index contributed by atoms with van der Waals surface area (Å²) < 4.78 is 0. The first kappa shape index (κ1) is 9.93. The summed E-state index contributed by atoms with van der Waals surface area (Å²) in [6.07, 6.45) is 7.12. The highest BCUT2D eigenvalue weighted by molar-refractivity contribution is 5.20. The van der Waals surface area contributed by atoms with Crippen molar-refractivity contribution in [2.24, 2.45) is 28.6 Å². The fourth-order valence-electron chi connectivity index (χ4n) is 4.67. The largest absolute Gasteiger partial charge is 0.0996 e. The van der Waals surface area contributed by atoms with E-state index in [1.807, 2.05) is 0 Å². The molecule has 0 amide bonds. The molecule has 0 aromatic carbocycles. The van der Waals surface area contributed by atoms with E-state index in [4.69, 9.17) is 0 Å². The van der Waals surface area contributed by atoms with Crippen LogP contribution in [0.3, 0.4) is 0 Å². The van der Waals surface area contributed by atoms with Crippen molar-refractivity contribution in [3.8, 4) is 0 Å². The Hall–Kier alpha value is -0.260. The maximum Gasteiger partial charge on any atom is -0.0167 e. The third-order valence-corrected chi connectivity index (χ3v) is 5.66. The molecule has 3 aliphatic rings. The lowest BCUT2D eigenvalue weighted by atomic mass is 9.75. The van der Waals surface area contributed by atoms with Gasteiger partial charge in [0.1, 0.15) is 0 Å². The SMILES string of the molecule is C=C1CCC2C1CC(C)(C)CC1CC12C. The Morgan fingerprint density at radius 2 is 1.87 bits per heavy atom. The van der Waals surface area contributed by atoms with E-state index in [1.54, 1.807) is 5.57 Å². The van der Waals surface area contributed by atoms with Crippen molar-refractivity contribution in [2.75, 3.05) is 0 Å². The summed E-state index contributed by atoms with van der Waals surface area (Å²) in [5.41, 5.74) is 2.84. The molecule has 0 saturated heterocycles. The zero-order valence-corrected chi connectivity index (χ0v) is 10.5. The molecular weight excluding hydrogens is 180 g/mol. The molecule has 3 rings (SSSR count). The summed E-state index contributed by atoms with van der Waals surface area (Å²) in [5.74, 6) is 2.88. The van der Waals surface area contributed by atoms with Crippen LogP contribution in [-0.2, 0) is 0 Å². The fourth-order valence-corrected chi connectivity index (χ4v) is 4.67. The summed E-state index contributed by atoms with van der Waals surface area (Å²) in [6, 6.07) is 0. The van der Waals surface area contributed by atoms with Gasteiger partial charge in [0.25, 0.3) is 0 Å². The lowest BCUT2D eigenvalue weighted by Gasteiger charge is -2.29. The maximum absolute atomic E-state index is 4.33. The monoisotopic (exact) mass is 204 g/mol. The molecule has 4 unspecified atom stereocenters. The highest BCUT2D eigenvalue weighted by Crippen LogP contribution is 2.70. The molecule has 0 heterocycles. The Morgan fingerprint density at radius 3 is 2.60 bits per heavy atom. The van der Waals surface area contributed by atoms with Crippen molar-refractivity contribution < 1.29 is 0 Å². The zero-order chi connectivity index (χ0) is 10.8. The third-order valence-electron chi connectivity index (χ3n) is 5.66. The van der Waals surface area contributed by atoms with Gasteiger partial charge in [0.15, 0.2) is 0 Å². The Morgan fingerprint density at radius 1 is 1.13 bits per heavy atom. The number of hydrogen-bond acceptors (Lipinski definition) is 0. The molecule has 0 radical (unpaired) electrons. The molecular formula is C15H24. The second kappa shape index (κ2) is 2.70. The molecule has 15 heavy (non-hydrogen) atoms. The summed E-state index contributed by atoms with van der Waals surface area (Å²) >= 11 is 0. The number of rotatable bonds is 0. The van der Waals surface area contributed by atoms with E-state index in [0.717, 1.165) is 17.8 Å². The summed E-state index contributed by atoms with van der Waals surface area (Å²) in [5, 5.41) is 0. The van der Waals surface area contributed by atoms with Gasteiger partial charge in [-0.3, -0.25) is 0 Å². The molecule has 3 fully saturated rings. The van der Waals surface area contributed by atoms with E-state index in [2.05, 4.69) is 27.4 Å². The number of fused-ring (bicyclic) bond motifs is 3. The van der Waals surface area contributed by atoms with Crippen LogP contribution in [0.25, 0.3) is 0 Å². The quantitative estimate of drug-likeness (QED) is 0.513. The normalized spacial score (nSPS) is 51.9. The topological polar surface area (TPSA) is 0 Å². The van der Waals surface area contributed by atoms with Gasteiger partial charge in [-0.05, 0) is 60.7 Å². The molecule has 0 aromatic rings. The molecule has 0 heteroatoms. The van der Waals surface area contributed by atoms with Crippen LogP contribution < -0.4 is 0 Å². The van der Waals surface area contributed by atoms with Crippen LogP contribution >= 0.6 is 0 Å². The molecule has 0 nitrogen and oxygen atoms in total. The van der Waals surface area contributed by atoms with Crippen LogP contribution in [0.1, 0.15) is 52.9 Å². The molecule has 84 valence electrons.